The zero-order valence-corrected chi connectivity index (χ0v) is 17.3. The molecular weight excluding hydrogens is 354 g/mol. The smallest absolute Gasteiger partial charge is 0.241 e. The number of amides is 1. The fourth-order valence-electron chi connectivity index (χ4n) is 2.80. The van der Waals surface area contributed by atoms with Gasteiger partial charge in [0, 0.05) is 57.7 Å². The third-order valence-electron chi connectivity index (χ3n) is 4.43. The molecule has 0 aliphatic rings. The molecule has 0 saturated carbocycles. The van der Waals surface area contributed by atoms with E-state index in [1.165, 1.54) is 5.69 Å². The maximum Gasteiger partial charge on any atom is 0.241 e. The van der Waals surface area contributed by atoms with Gasteiger partial charge < -0.3 is 15.5 Å². The van der Waals surface area contributed by atoms with Crippen molar-refractivity contribution in [3.63, 3.8) is 0 Å². The van der Waals surface area contributed by atoms with E-state index in [2.05, 4.69) is 38.7 Å². The minimum Gasteiger partial charge on any atom is -0.356 e. The fraction of sp³-hybridized carbons (Fsp3) is 0.500. The number of nitrogens with one attached hydrogen (secondary N) is 2. The number of nitrogens with zero attached hydrogens (tertiary/aromatic N) is 5. The van der Waals surface area contributed by atoms with Crippen molar-refractivity contribution < 1.29 is 4.79 Å². The summed E-state index contributed by atoms with van der Waals surface area (Å²) in [5.74, 6) is 0.640. The van der Waals surface area contributed by atoms with Crippen LogP contribution in [0.15, 0.2) is 35.5 Å². The molecular formula is C20H31N7O. The Hall–Kier alpha value is -2.90. The molecule has 8 nitrogen and oxygen atoms in total. The molecule has 152 valence electrons. The first-order chi connectivity index (χ1) is 13.5. The number of aromatic nitrogens is 3. The largest absolute Gasteiger partial charge is 0.356 e. The molecule has 0 radical (unpaired) electrons. The first kappa shape index (κ1) is 21.4. The Morgan fingerprint density at radius 2 is 2.11 bits per heavy atom. The Labute approximate surface area is 167 Å². The summed E-state index contributed by atoms with van der Waals surface area (Å²) >= 11 is 0. The standard InChI is InChI=1S/C20H31N7O/c1-16-14-17(2)27(25-16)12-7-11-23-20(21-3)24-15-19(28)26(4)13-9-18-8-5-6-10-22-18/h5-6,8,10,14H,7,9,11-13,15H2,1-4H3,(H2,21,23,24). The summed E-state index contributed by atoms with van der Waals surface area (Å²) in [5.41, 5.74) is 3.18. The predicted molar refractivity (Wildman–Crippen MR) is 111 cm³/mol. The minimum absolute atomic E-state index is 0.0153. The molecule has 2 rings (SSSR count). The molecule has 2 aromatic heterocycles. The van der Waals surface area contributed by atoms with Crippen molar-refractivity contribution in [2.75, 3.05) is 33.7 Å². The summed E-state index contributed by atoms with van der Waals surface area (Å²) < 4.78 is 2.01. The van der Waals surface area contributed by atoms with Gasteiger partial charge in [0.2, 0.25) is 5.91 Å². The summed E-state index contributed by atoms with van der Waals surface area (Å²) in [6.45, 7) is 6.49. The van der Waals surface area contributed by atoms with Gasteiger partial charge in [-0.25, -0.2) is 0 Å². The summed E-state index contributed by atoms with van der Waals surface area (Å²) in [6, 6.07) is 7.88. The predicted octanol–water partition coefficient (Wildman–Crippen LogP) is 1.15. The Bertz CT molecular complexity index is 770. The number of guanidine groups is 1. The molecule has 2 N–H and O–H groups in total. The summed E-state index contributed by atoms with van der Waals surface area (Å²) in [7, 11) is 3.50. The number of aryl methyl sites for hydroxylation is 3. The van der Waals surface area contributed by atoms with Crippen LogP contribution in [0.5, 0.6) is 0 Å². The molecule has 0 bridgehead atoms. The molecule has 0 aromatic carbocycles. The number of aliphatic imine (C=N–C) groups is 1. The zero-order valence-electron chi connectivity index (χ0n) is 17.3. The highest BCUT2D eigenvalue weighted by molar-refractivity contribution is 5.86. The molecule has 0 aliphatic heterocycles. The van der Waals surface area contributed by atoms with Crippen LogP contribution in [-0.2, 0) is 17.8 Å². The lowest BCUT2D eigenvalue weighted by Gasteiger charge is -2.18. The third kappa shape index (κ3) is 7.02. The van der Waals surface area contributed by atoms with Gasteiger partial charge in [-0.2, -0.15) is 5.10 Å². The number of carbonyl (C=O) groups is 1. The maximum absolute atomic E-state index is 12.3. The molecule has 0 fully saturated rings. The van der Waals surface area contributed by atoms with Crippen LogP contribution in [0.3, 0.4) is 0 Å². The van der Waals surface area contributed by atoms with Gasteiger partial charge in [-0.3, -0.25) is 19.5 Å². The molecule has 0 saturated heterocycles. The van der Waals surface area contributed by atoms with Gasteiger partial charge in [0.15, 0.2) is 5.96 Å². The Morgan fingerprint density at radius 3 is 2.75 bits per heavy atom. The first-order valence-electron chi connectivity index (χ1n) is 9.59. The molecule has 0 spiro atoms. The van der Waals surface area contributed by atoms with Crippen LogP contribution in [0, 0.1) is 13.8 Å². The van der Waals surface area contributed by atoms with E-state index in [1.807, 2.05) is 29.8 Å². The van der Waals surface area contributed by atoms with Crippen LogP contribution >= 0.6 is 0 Å². The minimum atomic E-state index is 0.0153. The van der Waals surface area contributed by atoms with Gasteiger partial charge >= 0.3 is 0 Å². The topological polar surface area (TPSA) is 87.4 Å². The van der Waals surface area contributed by atoms with E-state index in [1.54, 1.807) is 25.2 Å². The van der Waals surface area contributed by atoms with Crippen LogP contribution < -0.4 is 10.6 Å². The van der Waals surface area contributed by atoms with Crippen molar-refractivity contribution >= 4 is 11.9 Å². The van der Waals surface area contributed by atoms with Crippen molar-refractivity contribution in [3.8, 4) is 0 Å². The van der Waals surface area contributed by atoms with Crippen molar-refractivity contribution in [1.29, 1.82) is 0 Å². The molecule has 8 heteroatoms. The molecule has 2 heterocycles. The summed E-state index contributed by atoms with van der Waals surface area (Å²) in [6.07, 6.45) is 3.42. The lowest BCUT2D eigenvalue weighted by Crippen LogP contribution is -2.44. The van der Waals surface area contributed by atoms with Crippen LogP contribution in [0.1, 0.15) is 23.5 Å². The average molecular weight is 386 g/mol. The highest BCUT2D eigenvalue weighted by Gasteiger charge is 2.10. The zero-order chi connectivity index (χ0) is 20.4. The van der Waals surface area contributed by atoms with E-state index in [-0.39, 0.29) is 12.5 Å². The number of pyridine rings is 1. The lowest BCUT2D eigenvalue weighted by molar-refractivity contribution is -0.128. The summed E-state index contributed by atoms with van der Waals surface area (Å²) in [5, 5.41) is 10.8. The van der Waals surface area contributed by atoms with Crippen LogP contribution in [0.2, 0.25) is 0 Å². The molecule has 2 aromatic rings. The van der Waals surface area contributed by atoms with Crippen molar-refractivity contribution in [3.05, 3.63) is 47.5 Å². The SMILES string of the molecule is CN=C(NCCCn1nc(C)cc1C)NCC(=O)N(C)CCc1ccccn1. The van der Waals surface area contributed by atoms with E-state index < -0.39 is 0 Å². The summed E-state index contributed by atoms with van der Waals surface area (Å²) in [4.78, 5) is 22.4. The van der Waals surface area contributed by atoms with Gasteiger partial charge in [-0.15, -0.1) is 0 Å². The van der Waals surface area contributed by atoms with E-state index in [9.17, 15) is 4.79 Å². The number of likely N-dealkylation sites (N-methyl/N-ethyl adjacent to an activating group) is 1. The Balaban J connectivity index is 1.65. The highest BCUT2D eigenvalue weighted by Crippen LogP contribution is 2.02. The number of hydrogen-bond acceptors (Lipinski definition) is 4. The van der Waals surface area contributed by atoms with Gasteiger partial charge in [-0.05, 0) is 38.5 Å². The van der Waals surface area contributed by atoms with E-state index in [0.29, 0.717) is 12.5 Å². The Kier molecular flexibility index (Phi) is 8.45. The second-order valence-electron chi connectivity index (χ2n) is 6.74. The molecule has 0 aliphatic carbocycles. The molecule has 0 unspecified atom stereocenters. The van der Waals surface area contributed by atoms with E-state index in [4.69, 9.17) is 0 Å². The second kappa shape index (κ2) is 11.1. The highest BCUT2D eigenvalue weighted by atomic mass is 16.2. The molecule has 1 amide bonds. The fourth-order valence-corrected chi connectivity index (χ4v) is 2.80. The van der Waals surface area contributed by atoms with Crippen LogP contribution in [0.25, 0.3) is 0 Å². The van der Waals surface area contributed by atoms with Crippen molar-refractivity contribution in [2.45, 2.75) is 33.2 Å². The average Bonchev–Trinajstić information content (AvgIpc) is 3.03. The molecule has 28 heavy (non-hydrogen) atoms. The third-order valence-corrected chi connectivity index (χ3v) is 4.43. The van der Waals surface area contributed by atoms with Gasteiger partial charge in [-0.1, -0.05) is 6.07 Å². The van der Waals surface area contributed by atoms with Crippen molar-refractivity contribution in [2.24, 2.45) is 4.99 Å². The maximum atomic E-state index is 12.3. The lowest BCUT2D eigenvalue weighted by atomic mass is 10.2. The monoisotopic (exact) mass is 385 g/mol. The number of hydrogen-bond donors (Lipinski definition) is 2. The van der Waals surface area contributed by atoms with E-state index in [0.717, 1.165) is 37.3 Å². The number of carbonyl (C=O) groups excluding carboxylic acids is 1. The number of rotatable bonds is 9. The molecule has 0 atom stereocenters. The quantitative estimate of drug-likeness (QED) is 0.384. The normalized spacial score (nSPS) is 11.4. The second-order valence-corrected chi connectivity index (χ2v) is 6.74. The van der Waals surface area contributed by atoms with Crippen LogP contribution in [0.4, 0.5) is 0 Å². The van der Waals surface area contributed by atoms with Crippen molar-refractivity contribution in [1.82, 2.24) is 30.3 Å². The van der Waals surface area contributed by atoms with Crippen LogP contribution in [-0.4, -0.2) is 65.3 Å². The van der Waals surface area contributed by atoms with Gasteiger partial charge in [0.25, 0.3) is 0 Å². The van der Waals surface area contributed by atoms with Gasteiger partial charge in [0.1, 0.15) is 0 Å². The van der Waals surface area contributed by atoms with E-state index >= 15 is 0 Å². The first-order valence-corrected chi connectivity index (χ1v) is 9.59. The van der Waals surface area contributed by atoms with Gasteiger partial charge in [0.05, 0.1) is 12.2 Å². The Morgan fingerprint density at radius 1 is 1.29 bits per heavy atom.